The van der Waals surface area contributed by atoms with Crippen LogP contribution in [-0.4, -0.2) is 29.9 Å². The normalized spacial score (nSPS) is 22.5. The van der Waals surface area contributed by atoms with E-state index in [2.05, 4.69) is 5.38 Å². The Morgan fingerprint density at radius 2 is 2.29 bits per heavy atom. The maximum absolute atomic E-state index is 12.5. The fourth-order valence-electron chi connectivity index (χ4n) is 2.90. The van der Waals surface area contributed by atoms with Crippen LogP contribution in [0.2, 0.25) is 4.34 Å². The van der Waals surface area contributed by atoms with Crippen molar-refractivity contribution in [3.05, 3.63) is 43.7 Å². The molecular weight excluding hydrogens is 324 g/mol. The van der Waals surface area contributed by atoms with E-state index in [1.165, 1.54) is 16.9 Å². The average Bonchev–Trinajstić information content (AvgIpc) is 3.09. The Morgan fingerprint density at radius 1 is 1.43 bits per heavy atom. The topological polar surface area (TPSA) is 46.3 Å². The highest BCUT2D eigenvalue weighted by Crippen LogP contribution is 2.26. The van der Waals surface area contributed by atoms with Gasteiger partial charge in [0.15, 0.2) is 0 Å². The summed E-state index contributed by atoms with van der Waals surface area (Å²) in [5.41, 5.74) is 7.39. The lowest BCUT2D eigenvalue weighted by atomic mass is 9.90. The number of nitrogens with zero attached hydrogens (tertiary/aromatic N) is 1. The first kappa shape index (κ1) is 15.0. The van der Waals surface area contributed by atoms with E-state index in [1.54, 1.807) is 11.3 Å². The fraction of sp³-hybridized carbons (Fsp3) is 0.400. The van der Waals surface area contributed by atoms with Crippen LogP contribution in [0.1, 0.15) is 21.7 Å². The van der Waals surface area contributed by atoms with Crippen molar-refractivity contribution in [3.8, 4) is 0 Å². The van der Waals surface area contributed by atoms with Gasteiger partial charge < -0.3 is 10.6 Å². The van der Waals surface area contributed by atoms with Gasteiger partial charge in [0, 0.05) is 19.1 Å². The van der Waals surface area contributed by atoms with Gasteiger partial charge in [-0.15, -0.1) is 22.7 Å². The van der Waals surface area contributed by atoms with E-state index in [1.807, 2.05) is 28.5 Å². The van der Waals surface area contributed by atoms with E-state index in [9.17, 15) is 4.79 Å². The van der Waals surface area contributed by atoms with Crippen molar-refractivity contribution < 1.29 is 4.79 Å². The number of piperidine rings is 1. The molecule has 0 radical (unpaired) electrons. The van der Waals surface area contributed by atoms with E-state index in [4.69, 9.17) is 17.3 Å². The smallest absolute Gasteiger partial charge is 0.263 e. The average molecular weight is 341 g/mol. The second-order valence-electron chi connectivity index (χ2n) is 5.51. The zero-order chi connectivity index (χ0) is 14.8. The molecule has 0 saturated carbocycles. The molecule has 112 valence electrons. The van der Waals surface area contributed by atoms with Crippen molar-refractivity contribution >= 4 is 40.2 Å². The summed E-state index contributed by atoms with van der Waals surface area (Å²) in [4.78, 5) is 15.2. The lowest BCUT2D eigenvalue weighted by Gasteiger charge is -2.36. The molecule has 2 aromatic rings. The van der Waals surface area contributed by atoms with Crippen LogP contribution in [0.4, 0.5) is 0 Å². The SMILES string of the molecule is NC1CC(Cc2csc(Cl)c2)CN(C(=O)c2cccs2)C1. The van der Waals surface area contributed by atoms with Gasteiger partial charge in [0.25, 0.3) is 5.91 Å². The molecule has 2 N–H and O–H groups in total. The third-order valence-corrected chi connectivity index (χ3v) is 5.73. The molecule has 0 bridgehead atoms. The van der Waals surface area contributed by atoms with Gasteiger partial charge in [-0.1, -0.05) is 17.7 Å². The number of amides is 1. The molecule has 6 heteroatoms. The first-order valence-corrected chi connectivity index (χ1v) is 9.07. The molecule has 3 rings (SSSR count). The number of carbonyl (C=O) groups excluding carboxylic acids is 1. The molecule has 2 aromatic heterocycles. The minimum absolute atomic E-state index is 0.0572. The van der Waals surface area contributed by atoms with Crippen molar-refractivity contribution in [2.24, 2.45) is 11.7 Å². The maximum atomic E-state index is 12.5. The van der Waals surface area contributed by atoms with Gasteiger partial charge in [-0.2, -0.15) is 0 Å². The molecule has 2 unspecified atom stereocenters. The molecule has 21 heavy (non-hydrogen) atoms. The summed E-state index contributed by atoms with van der Waals surface area (Å²) < 4.78 is 0.816. The van der Waals surface area contributed by atoms with Gasteiger partial charge in [-0.25, -0.2) is 0 Å². The third kappa shape index (κ3) is 3.66. The molecule has 0 aromatic carbocycles. The molecule has 3 nitrogen and oxygen atoms in total. The highest BCUT2D eigenvalue weighted by Gasteiger charge is 2.29. The molecular formula is C15H17ClN2OS2. The van der Waals surface area contributed by atoms with E-state index < -0.39 is 0 Å². The van der Waals surface area contributed by atoms with Crippen LogP contribution in [0.3, 0.4) is 0 Å². The number of hydrogen-bond donors (Lipinski definition) is 1. The highest BCUT2D eigenvalue weighted by molar-refractivity contribution is 7.14. The van der Waals surface area contributed by atoms with Crippen LogP contribution in [-0.2, 0) is 6.42 Å². The number of rotatable bonds is 3. The third-order valence-electron chi connectivity index (χ3n) is 3.73. The molecule has 0 aliphatic carbocycles. The Hall–Kier alpha value is -0.880. The summed E-state index contributed by atoms with van der Waals surface area (Å²) in [5.74, 6) is 0.511. The van der Waals surface area contributed by atoms with Crippen LogP contribution >= 0.6 is 34.3 Å². The minimum Gasteiger partial charge on any atom is -0.336 e. The van der Waals surface area contributed by atoms with Gasteiger partial charge in [-0.3, -0.25) is 4.79 Å². The van der Waals surface area contributed by atoms with Crippen LogP contribution in [0.5, 0.6) is 0 Å². The monoisotopic (exact) mass is 340 g/mol. The summed E-state index contributed by atoms with van der Waals surface area (Å²) >= 11 is 9.02. The van der Waals surface area contributed by atoms with Gasteiger partial charge >= 0.3 is 0 Å². The van der Waals surface area contributed by atoms with Crippen LogP contribution in [0, 0.1) is 5.92 Å². The Balaban J connectivity index is 1.68. The Morgan fingerprint density at radius 3 is 2.95 bits per heavy atom. The van der Waals surface area contributed by atoms with E-state index in [0.29, 0.717) is 12.5 Å². The summed E-state index contributed by atoms with van der Waals surface area (Å²) in [5, 5.41) is 4.02. The molecule has 2 atom stereocenters. The summed E-state index contributed by atoms with van der Waals surface area (Å²) in [6.45, 7) is 1.43. The quantitative estimate of drug-likeness (QED) is 0.929. The Bertz CT molecular complexity index is 611. The van der Waals surface area contributed by atoms with Crippen molar-refractivity contribution in [1.82, 2.24) is 4.90 Å². The van der Waals surface area contributed by atoms with Crippen molar-refractivity contribution in [2.75, 3.05) is 13.1 Å². The largest absolute Gasteiger partial charge is 0.336 e. The van der Waals surface area contributed by atoms with Crippen molar-refractivity contribution in [3.63, 3.8) is 0 Å². The first-order chi connectivity index (χ1) is 10.1. The van der Waals surface area contributed by atoms with E-state index in [0.717, 1.165) is 28.6 Å². The van der Waals surface area contributed by atoms with Crippen molar-refractivity contribution in [2.45, 2.75) is 18.9 Å². The highest BCUT2D eigenvalue weighted by atomic mass is 35.5. The first-order valence-electron chi connectivity index (χ1n) is 6.93. The van der Waals surface area contributed by atoms with Gasteiger partial charge in [0.1, 0.15) is 0 Å². The fourth-order valence-corrected chi connectivity index (χ4v) is 4.51. The minimum atomic E-state index is 0.0572. The lowest BCUT2D eigenvalue weighted by molar-refractivity contribution is 0.0654. The molecule has 1 saturated heterocycles. The van der Waals surface area contributed by atoms with Crippen LogP contribution in [0.15, 0.2) is 29.0 Å². The van der Waals surface area contributed by atoms with Gasteiger partial charge in [0.05, 0.1) is 9.21 Å². The molecule has 1 aliphatic heterocycles. The molecule has 0 spiro atoms. The number of carbonyl (C=O) groups is 1. The zero-order valence-corrected chi connectivity index (χ0v) is 13.9. The predicted octanol–water partition coefficient (Wildman–Crippen LogP) is 3.50. The molecule has 3 heterocycles. The predicted molar refractivity (Wildman–Crippen MR) is 89.3 cm³/mol. The Kier molecular flexibility index (Phi) is 4.64. The number of halogens is 1. The summed E-state index contributed by atoms with van der Waals surface area (Å²) in [6.07, 6.45) is 1.90. The standard InChI is InChI=1S/C15H17ClN2OS2/c16-14-6-11(9-21-14)4-10-5-12(17)8-18(7-10)15(19)13-2-1-3-20-13/h1-3,6,9-10,12H,4-5,7-8,17H2. The molecule has 1 aliphatic rings. The van der Waals surface area contributed by atoms with E-state index in [-0.39, 0.29) is 11.9 Å². The number of thiophene rings is 2. The van der Waals surface area contributed by atoms with E-state index >= 15 is 0 Å². The summed E-state index contributed by atoms with van der Waals surface area (Å²) in [6, 6.07) is 5.85. The second kappa shape index (κ2) is 6.48. The molecule has 1 amide bonds. The van der Waals surface area contributed by atoms with Gasteiger partial charge in [0.2, 0.25) is 0 Å². The van der Waals surface area contributed by atoms with Crippen LogP contribution in [0.25, 0.3) is 0 Å². The number of nitrogens with two attached hydrogens (primary N) is 1. The zero-order valence-electron chi connectivity index (χ0n) is 11.5. The number of hydrogen-bond acceptors (Lipinski definition) is 4. The van der Waals surface area contributed by atoms with Crippen molar-refractivity contribution in [1.29, 1.82) is 0 Å². The molecule has 1 fully saturated rings. The maximum Gasteiger partial charge on any atom is 0.263 e. The second-order valence-corrected chi connectivity index (χ2v) is 8.00. The lowest BCUT2D eigenvalue weighted by Crippen LogP contribution is -2.49. The van der Waals surface area contributed by atoms with Crippen LogP contribution < -0.4 is 5.73 Å². The number of likely N-dealkylation sites (tertiary alicyclic amines) is 1. The van der Waals surface area contributed by atoms with Gasteiger partial charge in [-0.05, 0) is 47.2 Å². The summed E-state index contributed by atoms with van der Waals surface area (Å²) in [7, 11) is 0. The Labute approximate surface area is 137 Å².